The number of anilines is 2. The van der Waals surface area contributed by atoms with Gasteiger partial charge in [-0.3, -0.25) is 9.52 Å². The standard InChI is InChI=1S/C21H26N2O3S/c1-14-8-11-19(16(3)12-14)23-27(25,26)20-13-18(10-9-15(20)2)22-21(24)17-6-4-5-7-17/h8-13,17,23H,4-7H2,1-3H3,(H,22,24). The first-order chi connectivity index (χ1) is 12.8. The molecule has 1 aliphatic carbocycles. The van der Waals surface area contributed by atoms with Gasteiger partial charge in [0.15, 0.2) is 0 Å². The number of hydrogen-bond donors (Lipinski definition) is 2. The molecule has 2 aromatic rings. The number of hydrogen-bond acceptors (Lipinski definition) is 3. The minimum atomic E-state index is -3.76. The number of rotatable bonds is 5. The van der Waals surface area contributed by atoms with E-state index in [0.29, 0.717) is 16.9 Å². The fourth-order valence-corrected chi connectivity index (χ4v) is 4.93. The van der Waals surface area contributed by atoms with Crippen LogP contribution in [0.4, 0.5) is 11.4 Å². The monoisotopic (exact) mass is 386 g/mol. The molecule has 0 aliphatic heterocycles. The molecule has 0 unspecified atom stereocenters. The van der Waals surface area contributed by atoms with Crippen molar-refractivity contribution in [1.82, 2.24) is 0 Å². The lowest BCUT2D eigenvalue weighted by Gasteiger charge is -2.15. The molecule has 1 fully saturated rings. The number of benzene rings is 2. The van der Waals surface area contributed by atoms with Gasteiger partial charge < -0.3 is 5.32 Å². The van der Waals surface area contributed by atoms with Crippen LogP contribution in [-0.2, 0) is 14.8 Å². The van der Waals surface area contributed by atoms with Crippen LogP contribution >= 0.6 is 0 Å². The average Bonchev–Trinajstić information content (AvgIpc) is 3.14. The zero-order chi connectivity index (χ0) is 19.6. The van der Waals surface area contributed by atoms with Crippen molar-refractivity contribution in [2.24, 2.45) is 5.92 Å². The summed E-state index contributed by atoms with van der Waals surface area (Å²) in [4.78, 5) is 12.5. The normalized spacial score (nSPS) is 14.9. The summed E-state index contributed by atoms with van der Waals surface area (Å²) >= 11 is 0. The van der Waals surface area contributed by atoms with E-state index in [-0.39, 0.29) is 16.7 Å². The number of carbonyl (C=O) groups is 1. The van der Waals surface area contributed by atoms with Gasteiger partial charge in [0.1, 0.15) is 0 Å². The van der Waals surface area contributed by atoms with Crippen LogP contribution in [0.25, 0.3) is 0 Å². The van der Waals surface area contributed by atoms with Crippen LogP contribution in [0.2, 0.25) is 0 Å². The van der Waals surface area contributed by atoms with E-state index in [4.69, 9.17) is 0 Å². The fraction of sp³-hybridized carbons (Fsp3) is 0.381. The Bertz CT molecular complexity index is 961. The molecule has 0 spiro atoms. The summed E-state index contributed by atoms with van der Waals surface area (Å²) in [5.41, 5.74) is 3.63. The molecule has 1 amide bonds. The van der Waals surface area contributed by atoms with E-state index in [1.807, 2.05) is 26.0 Å². The maximum atomic E-state index is 12.9. The molecule has 27 heavy (non-hydrogen) atoms. The van der Waals surface area contributed by atoms with Gasteiger partial charge in [-0.15, -0.1) is 0 Å². The van der Waals surface area contributed by atoms with Crippen molar-refractivity contribution in [2.45, 2.75) is 51.3 Å². The quantitative estimate of drug-likeness (QED) is 0.792. The van der Waals surface area contributed by atoms with Crippen LogP contribution in [0.3, 0.4) is 0 Å². The van der Waals surface area contributed by atoms with Crippen LogP contribution in [-0.4, -0.2) is 14.3 Å². The van der Waals surface area contributed by atoms with E-state index in [0.717, 1.165) is 36.8 Å². The molecule has 0 bridgehead atoms. The Labute approximate surface area is 161 Å². The van der Waals surface area contributed by atoms with Gasteiger partial charge in [-0.1, -0.05) is 36.6 Å². The van der Waals surface area contributed by atoms with Gasteiger partial charge in [-0.25, -0.2) is 8.42 Å². The van der Waals surface area contributed by atoms with Gasteiger partial charge in [0, 0.05) is 11.6 Å². The Morgan fingerprint density at radius 3 is 2.33 bits per heavy atom. The highest BCUT2D eigenvalue weighted by atomic mass is 32.2. The molecule has 0 saturated heterocycles. The number of amides is 1. The highest BCUT2D eigenvalue weighted by Crippen LogP contribution is 2.28. The van der Waals surface area contributed by atoms with Gasteiger partial charge in [0.05, 0.1) is 10.6 Å². The third-order valence-electron chi connectivity index (χ3n) is 5.10. The summed E-state index contributed by atoms with van der Waals surface area (Å²) in [6.07, 6.45) is 3.95. The molecule has 144 valence electrons. The van der Waals surface area contributed by atoms with E-state index >= 15 is 0 Å². The van der Waals surface area contributed by atoms with Crippen molar-refractivity contribution in [1.29, 1.82) is 0 Å². The maximum Gasteiger partial charge on any atom is 0.262 e. The Balaban J connectivity index is 1.84. The van der Waals surface area contributed by atoms with Gasteiger partial charge in [-0.2, -0.15) is 0 Å². The number of aryl methyl sites for hydroxylation is 3. The van der Waals surface area contributed by atoms with Crippen LogP contribution in [0.1, 0.15) is 42.4 Å². The predicted octanol–water partition coefficient (Wildman–Crippen LogP) is 4.54. The van der Waals surface area contributed by atoms with Crippen molar-refractivity contribution in [3.05, 3.63) is 53.1 Å². The summed E-state index contributed by atoms with van der Waals surface area (Å²) in [6, 6.07) is 10.6. The lowest BCUT2D eigenvalue weighted by molar-refractivity contribution is -0.119. The molecule has 3 rings (SSSR count). The second-order valence-corrected chi connectivity index (χ2v) is 9.03. The van der Waals surface area contributed by atoms with Gasteiger partial charge in [0.25, 0.3) is 10.0 Å². The first-order valence-corrected chi connectivity index (χ1v) is 10.8. The van der Waals surface area contributed by atoms with Crippen molar-refractivity contribution in [3.8, 4) is 0 Å². The topological polar surface area (TPSA) is 75.3 Å². The minimum absolute atomic E-state index is 0.0259. The molecule has 0 atom stereocenters. The van der Waals surface area contributed by atoms with Gasteiger partial charge >= 0.3 is 0 Å². The highest BCUT2D eigenvalue weighted by Gasteiger charge is 2.24. The molecule has 5 nitrogen and oxygen atoms in total. The van der Waals surface area contributed by atoms with Gasteiger partial charge in [0.2, 0.25) is 5.91 Å². The smallest absolute Gasteiger partial charge is 0.262 e. The van der Waals surface area contributed by atoms with Crippen LogP contribution in [0.5, 0.6) is 0 Å². The van der Waals surface area contributed by atoms with E-state index < -0.39 is 10.0 Å². The summed E-state index contributed by atoms with van der Waals surface area (Å²) in [7, 11) is -3.76. The molecule has 1 aliphatic rings. The molecule has 2 N–H and O–H groups in total. The van der Waals surface area contributed by atoms with Crippen molar-refractivity contribution in [2.75, 3.05) is 10.0 Å². The second kappa shape index (κ2) is 7.72. The Morgan fingerprint density at radius 2 is 1.67 bits per heavy atom. The molecule has 1 saturated carbocycles. The second-order valence-electron chi connectivity index (χ2n) is 7.37. The molecular weight excluding hydrogens is 360 g/mol. The first kappa shape index (κ1) is 19.4. The van der Waals surface area contributed by atoms with Crippen LogP contribution in [0, 0.1) is 26.7 Å². The van der Waals surface area contributed by atoms with E-state index in [9.17, 15) is 13.2 Å². The fourth-order valence-electron chi connectivity index (χ4n) is 3.53. The summed E-state index contributed by atoms with van der Waals surface area (Å²) in [5.74, 6) is 0.00160. The van der Waals surface area contributed by atoms with E-state index in [1.54, 1.807) is 25.1 Å². The lowest BCUT2D eigenvalue weighted by atomic mass is 10.1. The van der Waals surface area contributed by atoms with Gasteiger partial charge in [-0.05, 0) is 62.9 Å². The molecule has 6 heteroatoms. The summed E-state index contributed by atoms with van der Waals surface area (Å²) in [6.45, 7) is 5.58. The minimum Gasteiger partial charge on any atom is -0.326 e. The van der Waals surface area contributed by atoms with Crippen molar-refractivity contribution >= 4 is 27.3 Å². The molecule has 0 heterocycles. The average molecular weight is 387 g/mol. The maximum absolute atomic E-state index is 12.9. The van der Waals surface area contributed by atoms with Crippen LogP contribution < -0.4 is 10.0 Å². The third kappa shape index (κ3) is 4.50. The lowest BCUT2D eigenvalue weighted by Crippen LogP contribution is -2.21. The SMILES string of the molecule is Cc1ccc(NS(=O)(=O)c2cc(NC(=O)C3CCCC3)ccc2C)c(C)c1. The number of nitrogens with one attached hydrogen (secondary N) is 2. The zero-order valence-electron chi connectivity index (χ0n) is 16.0. The summed E-state index contributed by atoms with van der Waals surface area (Å²) < 4.78 is 28.5. The zero-order valence-corrected chi connectivity index (χ0v) is 16.8. The Kier molecular flexibility index (Phi) is 5.56. The predicted molar refractivity (Wildman–Crippen MR) is 108 cm³/mol. The molecule has 2 aromatic carbocycles. The van der Waals surface area contributed by atoms with Crippen molar-refractivity contribution < 1.29 is 13.2 Å². The summed E-state index contributed by atoms with van der Waals surface area (Å²) in [5, 5.41) is 2.88. The Hall–Kier alpha value is -2.34. The van der Waals surface area contributed by atoms with Crippen LogP contribution in [0.15, 0.2) is 41.3 Å². The highest BCUT2D eigenvalue weighted by molar-refractivity contribution is 7.92. The van der Waals surface area contributed by atoms with Crippen molar-refractivity contribution in [3.63, 3.8) is 0 Å². The number of sulfonamides is 1. The molecular formula is C21H26N2O3S. The molecule has 0 radical (unpaired) electrons. The largest absolute Gasteiger partial charge is 0.326 e. The Morgan fingerprint density at radius 1 is 0.963 bits per heavy atom. The molecule has 0 aromatic heterocycles. The van der Waals surface area contributed by atoms with E-state index in [2.05, 4.69) is 10.0 Å². The number of carbonyl (C=O) groups excluding carboxylic acids is 1. The third-order valence-corrected chi connectivity index (χ3v) is 6.60. The first-order valence-electron chi connectivity index (χ1n) is 9.28. The van der Waals surface area contributed by atoms with E-state index in [1.165, 1.54) is 6.07 Å².